The van der Waals surface area contributed by atoms with E-state index in [1.54, 1.807) is 12.3 Å². The molecular formula is C18H13ClN6. The zero-order valence-electron chi connectivity index (χ0n) is 13.3. The third-order valence-corrected chi connectivity index (χ3v) is 4.40. The number of rotatable bonds is 3. The Bertz CT molecular complexity index is 1120. The summed E-state index contributed by atoms with van der Waals surface area (Å²) in [5.41, 5.74) is 5.41. The smallest absolute Gasteiger partial charge is 0.159 e. The minimum atomic E-state index is 0.544. The molecule has 25 heavy (non-hydrogen) atoms. The van der Waals surface area contributed by atoms with Crippen LogP contribution in [-0.2, 0) is 6.42 Å². The first-order valence-corrected chi connectivity index (χ1v) is 8.15. The Morgan fingerprint density at radius 2 is 2.12 bits per heavy atom. The number of nitrogens with zero attached hydrogens (tertiary/aromatic N) is 4. The van der Waals surface area contributed by atoms with Crippen LogP contribution in [-0.4, -0.2) is 25.1 Å². The van der Waals surface area contributed by atoms with Crippen molar-refractivity contribution in [3.05, 3.63) is 52.9 Å². The average molecular weight is 349 g/mol. The molecule has 7 heteroatoms. The first-order chi connectivity index (χ1) is 12.2. The van der Waals surface area contributed by atoms with Crippen molar-refractivity contribution in [2.24, 2.45) is 0 Å². The van der Waals surface area contributed by atoms with E-state index in [4.69, 9.17) is 11.6 Å². The minimum Gasteiger partial charge on any atom is -0.352 e. The van der Waals surface area contributed by atoms with Gasteiger partial charge in [-0.15, -0.1) is 0 Å². The number of nitriles is 1. The third kappa shape index (κ3) is 2.55. The highest BCUT2D eigenvalue weighted by molar-refractivity contribution is 6.30. The summed E-state index contributed by atoms with van der Waals surface area (Å²) >= 11 is 6.18. The molecule has 2 N–H and O–H groups in total. The van der Waals surface area contributed by atoms with E-state index >= 15 is 0 Å². The number of hydrogen-bond donors (Lipinski definition) is 2. The van der Waals surface area contributed by atoms with E-state index in [0.29, 0.717) is 21.9 Å². The molecule has 0 bridgehead atoms. The highest BCUT2D eigenvalue weighted by Gasteiger charge is 2.17. The highest BCUT2D eigenvalue weighted by atomic mass is 35.5. The van der Waals surface area contributed by atoms with E-state index in [0.717, 1.165) is 34.3 Å². The Kier molecular flexibility index (Phi) is 3.71. The van der Waals surface area contributed by atoms with Crippen LogP contribution in [0, 0.1) is 11.3 Å². The summed E-state index contributed by atoms with van der Waals surface area (Å²) in [6.45, 7) is 2.07. The summed E-state index contributed by atoms with van der Waals surface area (Å²) in [5, 5.41) is 17.9. The van der Waals surface area contributed by atoms with Crippen molar-refractivity contribution in [3.63, 3.8) is 0 Å². The lowest BCUT2D eigenvalue weighted by atomic mass is 10.0. The summed E-state index contributed by atoms with van der Waals surface area (Å²) in [6.07, 6.45) is 3.98. The van der Waals surface area contributed by atoms with Gasteiger partial charge >= 0.3 is 0 Å². The Hall–Kier alpha value is -3.17. The summed E-state index contributed by atoms with van der Waals surface area (Å²) in [5.74, 6) is 0. The Morgan fingerprint density at radius 3 is 2.92 bits per heavy atom. The van der Waals surface area contributed by atoms with Crippen LogP contribution in [0.3, 0.4) is 0 Å². The van der Waals surface area contributed by atoms with Crippen LogP contribution < -0.4 is 0 Å². The van der Waals surface area contributed by atoms with Crippen LogP contribution >= 0.6 is 11.6 Å². The zero-order valence-corrected chi connectivity index (χ0v) is 14.1. The zero-order chi connectivity index (χ0) is 17.4. The molecule has 1 aromatic carbocycles. The topological polar surface area (TPSA) is 94.0 Å². The average Bonchev–Trinajstić information content (AvgIpc) is 3.28. The fraction of sp³-hybridized carbons (Fsp3) is 0.111. The molecule has 0 saturated carbocycles. The predicted octanol–water partition coefficient (Wildman–Crippen LogP) is 4.10. The minimum absolute atomic E-state index is 0.544. The van der Waals surface area contributed by atoms with Gasteiger partial charge in [0.25, 0.3) is 0 Å². The van der Waals surface area contributed by atoms with Gasteiger partial charge < -0.3 is 4.98 Å². The highest BCUT2D eigenvalue weighted by Crippen LogP contribution is 2.33. The van der Waals surface area contributed by atoms with Crippen LogP contribution in [0.4, 0.5) is 0 Å². The van der Waals surface area contributed by atoms with E-state index in [2.05, 4.69) is 38.1 Å². The molecule has 3 heterocycles. The van der Waals surface area contributed by atoms with E-state index < -0.39 is 0 Å². The Morgan fingerprint density at radius 1 is 1.24 bits per heavy atom. The van der Waals surface area contributed by atoms with Gasteiger partial charge in [0.15, 0.2) is 5.65 Å². The first-order valence-electron chi connectivity index (χ1n) is 7.77. The number of benzene rings is 1. The number of aromatic amines is 2. The summed E-state index contributed by atoms with van der Waals surface area (Å²) in [7, 11) is 0. The summed E-state index contributed by atoms with van der Waals surface area (Å²) in [4.78, 5) is 11.8. The molecule has 0 aliphatic heterocycles. The van der Waals surface area contributed by atoms with Gasteiger partial charge in [-0.2, -0.15) is 10.4 Å². The number of aryl methyl sites for hydroxylation is 1. The fourth-order valence-electron chi connectivity index (χ4n) is 2.95. The molecule has 0 saturated heterocycles. The van der Waals surface area contributed by atoms with Crippen LogP contribution in [0.2, 0.25) is 5.02 Å². The quantitative estimate of drug-likeness (QED) is 0.582. The van der Waals surface area contributed by atoms with Gasteiger partial charge in [-0.05, 0) is 30.2 Å². The maximum atomic E-state index is 9.59. The lowest BCUT2D eigenvalue weighted by Crippen LogP contribution is -1.91. The molecule has 0 spiro atoms. The molecule has 0 atom stereocenters. The van der Waals surface area contributed by atoms with Gasteiger partial charge in [0, 0.05) is 10.6 Å². The van der Waals surface area contributed by atoms with Crippen molar-refractivity contribution in [3.8, 4) is 28.7 Å². The Balaban J connectivity index is 1.94. The van der Waals surface area contributed by atoms with E-state index in [-0.39, 0.29) is 0 Å². The second-order valence-electron chi connectivity index (χ2n) is 5.59. The number of hydrogen-bond acceptors (Lipinski definition) is 4. The molecule has 4 aromatic rings. The third-order valence-electron chi connectivity index (χ3n) is 4.16. The van der Waals surface area contributed by atoms with Crippen molar-refractivity contribution in [2.45, 2.75) is 13.3 Å². The molecule has 6 nitrogen and oxygen atoms in total. The van der Waals surface area contributed by atoms with Crippen LogP contribution in [0.1, 0.15) is 18.1 Å². The molecule has 3 aromatic heterocycles. The number of H-pyrrole nitrogens is 2. The first kappa shape index (κ1) is 15.4. The van der Waals surface area contributed by atoms with Crippen molar-refractivity contribution in [2.75, 3.05) is 0 Å². The van der Waals surface area contributed by atoms with E-state index in [1.807, 2.05) is 18.2 Å². The molecule has 122 valence electrons. The van der Waals surface area contributed by atoms with Gasteiger partial charge in [-0.3, -0.25) is 5.10 Å². The monoisotopic (exact) mass is 348 g/mol. The number of fused-ring (bicyclic) bond motifs is 1. The molecule has 0 amide bonds. The molecule has 0 fully saturated rings. The van der Waals surface area contributed by atoms with Crippen molar-refractivity contribution in [1.82, 2.24) is 25.1 Å². The second kappa shape index (κ2) is 6.04. The SMILES string of the molecule is CCc1ccc(Cl)cc1-c1[nH]c(-c2ncnc3[nH]ncc23)cc1C#N. The maximum absolute atomic E-state index is 9.59. The van der Waals surface area contributed by atoms with E-state index in [1.165, 1.54) is 6.33 Å². The van der Waals surface area contributed by atoms with Crippen molar-refractivity contribution in [1.29, 1.82) is 5.26 Å². The van der Waals surface area contributed by atoms with Gasteiger partial charge in [-0.1, -0.05) is 24.6 Å². The lowest BCUT2D eigenvalue weighted by molar-refractivity contribution is 1.09. The van der Waals surface area contributed by atoms with Crippen molar-refractivity contribution < 1.29 is 0 Å². The van der Waals surface area contributed by atoms with Crippen LogP contribution in [0.15, 0.2) is 36.8 Å². The molecule has 0 aliphatic carbocycles. The largest absolute Gasteiger partial charge is 0.352 e. The normalized spacial score (nSPS) is 10.9. The summed E-state index contributed by atoms with van der Waals surface area (Å²) < 4.78 is 0. The second-order valence-corrected chi connectivity index (χ2v) is 6.03. The molecular weight excluding hydrogens is 336 g/mol. The molecule has 0 unspecified atom stereocenters. The van der Waals surface area contributed by atoms with Gasteiger partial charge in [0.05, 0.1) is 28.5 Å². The van der Waals surface area contributed by atoms with Crippen LogP contribution in [0.25, 0.3) is 33.7 Å². The molecule has 0 radical (unpaired) electrons. The molecule has 4 rings (SSSR count). The standard InChI is InChI=1S/C18H13ClN6/c1-2-10-3-4-12(19)6-13(10)16-11(7-20)5-15(24-16)17-14-8-23-25-18(14)22-9-21-17/h3-6,8-9,24H,2H2,1H3,(H,21,22,23,25). The van der Waals surface area contributed by atoms with Crippen LogP contribution in [0.5, 0.6) is 0 Å². The number of nitrogens with one attached hydrogen (secondary N) is 2. The predicted molar refractivity (Wildman–Crippen MR) is 96.0 cm³/mol. The van der Waals surface area contributed by atoms with Gasteiger partial charge in [-0.25, -0.2) is 9.97 Å². The van der Waals surface area contributed by atoms with E-state index in [9.17, 15) is 5.26 Å². The van der Waals surface area contributed by atoms with Gasteiger partial charge in [0.1, 0.15) is 18.1 Å². The summed E-state index contributed by atoms with van der Waals surface area (Å²) in [6, 6.07) is 9.78. The Labute approximate surface area is 148 Å². The fourth-order valence-corrected chi connectivity index (χ4v) is 3.12. The van der Waals surface area contributed by atoms with Crippen molar-refractivity contribution >= 4 is 22.6 Å². The van der Waals surface area contributed by atoms with Gasteiger partial charge in [0.2, 0.25) is 0 Å². The maximum Gasteiger partial charge on any atom is 0.159 e. The molecule has 0 aliphatic rings. The number of halogens is 1. The lowest BCUT2D eigenvalue weighted by Gasteiger charge is -2.07. The number of aromatic nitrogens is 5.